The van der Waals surface area contributed by atoms with Gasteiger partial charge in [0.05, 0.1) is 0 Å². The number of hydrogen-bond acceptors (Lipinski definition) is 2. The van der Waals surface area contributed by atoms with Gasteiger partial charge in [-0.25, -0.2) is 0 Å². The van der Waals surface area contributed by atoms with Crippen molar-refractivity contribution in [3.05, 3.63) is 0 Å². The Labute approximate surface area is 114 Å². The van der Waals surface area contributed by atoms with Crippen LogP contribution in [0.25, 0.3) is 0 Å². The molecule has 0 radical (unpaired) electrons. The molecule has 0 heterocycles. The first-order valence-corrected chi connectivity index (χ1v) is 8.15. The Balaban J connectivity index is 2.41. The lowest BCUT2D eigenvalue weighted by Crippen LogP contribution is -2.43. The van der Waals surface area contributed by atoms with E-state index in [1.54, 1.807) is 0 Å². The van der Waals surface area contributed by atoms with Gasteiger partial charge in [0.1, 0.15) is 0 Å². The van der Waals surface area contributed by atoms with Gasteiger partial charge >= 0.3 is 0 Å². The fraction of sp³-hybridized carbons (Fsp3) is 1.00. The second kappa shape index (κ2) is 8.92. The maximum Gasteiger partial charge on any atom is 0.00795 e. The Morgan fingerprint density at radius 1 is 1.06 bits per heavy atom. The molecule has 1 saturated carbocycles. The van der Waals surface area contributed by atoms with Crippen LogP contribution in [0.5, 0.6) is 0 Å². The molecule has 3 atom stereocenters. The molecule has 1 aliphatic rings. The lowest BCUT2D eigenvalue weighted by atomic mass is 9.79. The maximum atomic E-state index is 6.32. The molecule has 0 aliphatic heterocycles. The number of nitrogens with two attached hydrogens (primary N) is 1. The van der Waals surface area contributed by atoms with Gasteiger partial charge in [-0.05, 0) is 57.0 Å². The number of unbranched alkanes of at least 4 members (excludes halogenated alkanes) is 2. The number of hydrogen-bond donors (Lipinski definition) is 1. The van der Waals surface area contributed by atoms with Crippen molar-refractivity contribution in [2.75, 3.05) is 19.6 Å². The zero-order valence-electron chi connectivity index (χ0n) is 12.8. The highest BCUT2D eigenvalue weighted by molar-refractivity contribution is 4.83. The summed E-state index contributed by atoms with van der Waals surface area (Å²) in [5.41, 5.74) is 6.32. The zero-order valence-corrected chi connectivity index (χ0v) is 12.8. The first-order chi connectivity index (χ1) is 8.67. The Morgan fingerprint density at radius 3 is 2.22 bits per heavy atom. The predicted molar refractivity (Wildman–Crippen MR) is 80.7 cm³/mol. The van der Waals surface area contributed by atoms with Gasteiger partial charge in [0.2, 0.25) is 0 Å². The van der Waals surface area contributed by atoms with E-state index in [-0.39, 0.29) is 0 Å². The van der Waals surface area contributed by atoms with Gasteiger partial charge in [-0.3, -0.25) is 0 Å². The lowest BCUT2D eigenvalue weighted by Gasteiger charge is -2.36. The fourth-order valence-corrected chi connectivity index (χ4v) is 3.12. The molecule has 0 aromatic carbocycles. The van der Waals surface area contributed by atoms with Gasteiger partial charge in [-0.15, -0.1) is 0 Å². The van der Waals surface area contributed by atoms with E-state index in [0.29, 0.717) is 6.04 Å². The monoisotopic (exact) mass is 254 g/mol. The van der Waals surface area contributed by atoms with Crippen molar-refractivity contribution in [2.45, 2.75) is 71.8 Å². The molecule has 0 bridgehead atoms. The third-order valence-corrected chi connectivity index (χ3v) is 4.45. The lowest BCUT2D eigenvalue weighted by molar-refractivity contribution is 0.158. The summed E-state index contributed by atoms with van der Waals surface area (Å²) in [6.45, 7) is 10.7. The minimum Gasteiger partial charge on any atom is -0.327 e. The van der Waals surface area contributed by atoms with Crippen molar-refractivity contribution in [1.82, 2.24) is 4.90 Å². The van der Waals surface area contributed by atoms with Crippen LogP contribution in [0.4, 0.5) is 0 Å². The average molecular weight is 254 g/mol. The topological polar surface area (TPSA) is 29.3 Å². The predicted octanol–water partition coefficient (Wildman–Crippen LogP) is 3.65. The highest BCUT2D eigenvalue weighted by Crippen LogP contribution is 2.28. The summed E-state index contributed by atoms with van der Waals surface area (Å²) >= 11 is 0. The van der Waals surface area contributed by atoms with E-state index < -0.39 is 0 Å². The van der Waals surface area contributed by atoms with Gasteiger partial charge in [0.15, 0.2) is 0 Å². The van der Waals surface area contributed by atoms with E-state index >= 15 is 0 Å². The SMILES string of the molecule is CCCCN(CCCC)CC1CC(C)CCC1N. The summed E-state index contributed by atoms with van der Waals surface area (Å²) in [7, 11) is 0. The molecule has 1 rings (SSSR count). The van der Waals surface area contributed by atoms with Gasteiger partial charge in [0.25, 0.3) is 0 Å². The van der Waals surface area contributed by atoms with Gasteiger partial charge in [0, 0.05) is 12.6 Å². The Kier molecular flexibility index (Phi) is 7.92. The van der Waals surface area contributed by atoms with E-state index in [9.17, 15) is 0 Å². The van der Waals surface area contributed by atoms with Crippen molar-refractivity contribution in [3.63, 3.8) is 0 Å². The summed E-state index contributed by atoms with van der Waals surface area (Å²) in [5.74, 6) is 1.62. The van der Waals surface area contributed by atoms with E-state index in [0.717, 1.165) is 11.8 Å². The van der Waals surface area contributed by atoms with Crippen LogP contribution in [0.15, 0.2) is 0 Å². The van der Waals surface area contributed by atoms with Crippen LogP contribution in [-0.4, -0.2) is 30.6 Å². The molecule has 2 N–H and O–H groups in total. The first-order valence-electron chi connectivity index (χ1n) is 8.15. The number of nitrogens with zero attached hydrogens (tertiary/aromatic N) is 1. The number of rotatable bonds is 8. The summed E-state index contributed by atoms with van der Waals surface area (Å²) < 4.78 is 0. The average Bonchev–Trinajstić information content (AvgIpc) is 2.37. The molecular weight excluding hydrogens is 220 g/mol. The zero-order chi connectivity index (χ0) is 13.4. The van der Waals surface area contributed by atoms with Gasteiger partial charge < -0.3 is 10.6 Å². The molecule has 1 aliphatic carbocycles. The Hall–Kier alpha value is -0.0800. The van der Waals surface area contributed by atoms with Crippen LogP contribution in [0.2, 0.25) is 0 Å². The fourth-order valence-electron chi connectivity index (χ4n) is 3.12. The molecule has 2 heteroatoms. The van der Waals surface area contributed by atoms with E-state index in [1.165, 1.54) is 64.6 Å². The summed E-state index contributed by atoms with van der Waals surface area (Å²) in [4.78, 5) is 2.68. The smallest absolute Gasteiger partial charge is 0.00795 e. The molecular formula is C16H34N2. The van der Waals surface area contributed by atoms with E-state index in [1.807, 2.05) is 0 Å². The van der Waals surface area contributed by atoms with E-state index in [2.05, 4.69) is 25.7 Å². The summed E-state index contributed by atoms with van der Waals surface area (Å²) in [5, 5.41) is 0. The van der Waals surface area contributed by atoms with Crippen molar-refractivity contribution in [2.24, 2.45) is 17.6 Å². The molecule has 1 fully saturated rings. The third kappa shape index (κ3) is 5.71. The molecule has 0 aromatic rings. The van der Waals surface area contributed by atoms with Crippen LogP contribution in [0.3, 0.4) is 0 Å². The highest BCUT2D eigenvalue weighted by Gasteiger charge is 2.27. The van der Waals surface area contributed by atoms with Crippen LogP contribution >= 0.6 is 0 Å². The molecule has 3 unspecified atom stereocenters. The van der Waals surface area contributed by atoms with Gasteiger partial charge in [-0.2, -0.15) is 0 Å². The Bertz CT molecular complexity index is 197. The van der Waals surface area contributed by atoms with Crippen molar-refractivity contribution in [3.8, 4) is 0 Å². The summed E-state index contributed by atoms with van der Waals surface area (Å²) in [6, 6.07) is 0.451. The Morgan fingerprint density at radius 2 is 1.67 bits per heavy atom. The standard InChI is InChI=1S/C16H34N2/c1-4-6-10-18(11-7-5-2)13-15-12-14(3)8-9-16(15)17/h14-16H,4-13,17H2,1-3H3. The minimum atomic E-state index is 0.451. The quantitative estimate of drug-likeness (QED) is 0.716. The van der Waals surface area contributed by atoms with Crippen LogP contribution in [0, 0.1) is 11.8 Å². The van der Waals surface area contributed by atoms with E-state index in [4.69, 9.17) is 5.73 Å². The summed E-state index contributed by atoms with van der Waals surface area (Å²) in [6.07, 6.45) is 9.19. The van der Waals surface area contributed by atoms with Crippen LogP contribution in [-0.2, 0) is 0 Å². The van der Waals surface area contributed by atoms with Crippen molar-refractivity contribution in [1.29, 1.82) is 0 Å². The normalized spacial score (nSPS) is 28.8. The second-order valence-corrected chi connectivity index (χ2v) is 6.35. The molecule has 0 saturated heterocycles. The van der Waals surface area contributed by atoms with Crippen LogP contribution < -0.4 is 5.73 Å². The minimum absolute atomic E-state index is 0.451. The first kappa shape index (κ1) is 16.0. The largest absolute Gasteiger partial charge is 0.327 e. The van der Waals surface area contributed by atoms with Crippen molar-refractivity contribution < 1.29 is 0 Å². The highest BCUT2D eigenvalue weighted by atomic mass is 15.1. The van der Waals surface area contributed by atoms with Gasteiger partial charge in [-0.1, -0.05) is 33.6 Å². The molecule has 2 nitrogen and oxygen atoms in total. The molecule has 0 amide bonds. The van der Waals surface area contributed by atoms with Crippen LogP contribution in [0.1, 0.15) is 65.7 Å². The second-order valence-electron chi connectivity index (χ2n) is 6.35. The molecule has 0 spiro atoms. The third-order valence-electron chi connectivity index (χ3n) is 4.45. The molecule has 18 heavy (non-hydrogen) atoms. The maximum absolute atomic E-state index is 6.32. The van der Waals surface area contributed by atoms with Crippen molar-refractivity contribution >= 4 is 0 Å². The molecule has 0 aromatic heterocycles. The molecule has 108 valence electrons.